The smallest absolute Gasteiger partial charge is 0.274 e. The van der Waals surface area contributed by atoms with Gasteiger partial charge in [0.25, 0.3) is 5.91 Å². The standard InChI is InChI=1S/C14H14N6O/c15-4-9-5-16-20(6-9)11-7-19(8-11)14(21)13-3-12(17-18-13)10-1-2-10/h3,5-6,10-11H,1-2,7-8H2,(H,17,18). The highest BCUT2D eigenvalue weighted by molar-refractivity contribution is 5.93. The van der Waals surface area contributed by atoms with Crippen LogP contribution in [0.5, 0.6) is 0 Å². The van der Waals surface area contributed by atoms with Crippen molar-refractivity contribution in [1.29, 1.82) is 5.26 Å². The molecule has 2 aromatic heterocycles. The van der Waals surface area contributed by atoms with Crippen LogP contribution >= 0.6 is 0 Å². The number of rotatable bonds is 3. The number of carbonyl (C=O) groups is 1. The molecule has 1 aliphatic carbocycles. The molecule has 0 bridgehead atoms. The van der Waals surface area contributed by atoms with Crippen LogP contribution in [-0.2, 0) is 0 Å². The number of amides is 1. The Kier molecular flexibility index (Phi) is 2.57. The molecule has 0 unspecified atom stereocenters. The first-order valence-electron chi connectivity index (χ1n) is 7.03. The second kappa shape index (κ2) is 4.45. The highest BCUT2D eigenvalue weighted by Crippen LogP contribution is 2.39. The van der Waals surface area contributed by atoms with Gasteiger partial charge < -0.3 is 4.90 Å². The van der Waals surface area contributed by atoms with Gasteiger partial charge in [0, 0.05) is 30.9 Å². The number of nitrogens with zero attached hydrogens (tertiary/aromatic N) is 5. The Balaban J connectivity index is 1.40. The minimum absolute atomic E-state index is 0.0398. The van der Waals surface area contributed by atoms with E-state index in [1.54, 1.807) is 22.0 Å². The van der Waals surface area contributed by atoms with Crippen LogP contribution in [-0.4, -0.2) is 43.9 Å². The van der Waals surface area contributed by atoms with Crippen LogP contribution in [0.4, 0.5) is 0 Å². The predicted octanol–water partition coefficient (Wildman–Crippen LogP) is 1.05. The number of likely N-dealkylation sites (tertiary alicyclic amines) is 1. The van der Waals surface area contributed by atoms with E-state index in [1.807, 2.05) is 6.07 Å². The van der Waals surface area contributed by atoms with E-state index >= 15 is 0 Å². The first-order valence-corrected chi connectivity index (χ1v) is 7.03. The minimum Gasteiger partial charge on any atom is -0.333 e. The lowest BCUT2D eigenvalue weighted by Gasteiger charge is -2.38. The maximum absolute atomic E-state index is 12.3. The Hall–Kier alpha value is -2.62. The zero-order valence-electron chi connectivity index (χ0n) is 11.4. The quantitative estimate of drug-likeness (QED) is 0.911. The van der Waals surface area contributed by atoms with Gasteiger partial charge in [-0.15, -0.1) is 0 Å². The molecule has 0 radical (unpaired) electrons. The molecule has 1 saturated heterocycles. The van der Waals surface area contributed by atoms with Crippen molar-refractivity contribution in [3.8, 4) is 6.07 Å². The third-order valence-corrected chi connectivity index (χ3v) is 4.09. The molecule has 106 valence electrons. The van der Waals surface area contributed by atoms with Gasteiger partial charge in [0.1, 0.15) is 11.8 Å². The molecule has 7 nitrogen and oxygen atoms in total. The molecule has 1 aliphatic heterocycles. The molecule has 2 aliphatic rings. The van der Waals surface area contributed by atoms with E-state index < -0.39 is 0 Å². The zero-order valence-corrected chi connectivity index (χ0v) is 11.4. The molecule has 3 heterocycles. The van der Waals surface area contributed by atoms with Crippen molar-refractivity contribution in [2.75, 3.05) is 13.1 Å². The third kappa shape index (κ3) is 2.09. The number of carbonyl (C=O) groups excluding carboxylic acids is 1. The Labute approximate surface area is 121 Å². The predicted molar refractivity (Wildman–Crippen MR) is 72.4 cm³/mol. The molecule has 0 spiro atoms. The highest BCUT2D eigenvalue weighted by atomic mass is 16.2. The first kappa shape index (κ1) is 12.1. The second-order valence-corrected chi connectivity index (χ2v) is 5.67. The molecule has 1 N–H and O–H groups in total. The van der Waals surface area contributed by atoms with Crippen LogP contribution in [0.1, 0.15) is 46.5 Å². The summed E-state index contributed by atoms with van der Waals surface area (Å²) in [7, 11) is 0. The molecule has 1 amide bonds. The minimum atomic E-state index is -0.0398. The van der Waals surface area contributed by atoms with Gasteiger partial charge >= 0.3 is 0 Å². The maximum Gasteiger partial charge on any atom is 0.274 e. The summed E-state index contributed by atoms with van der Waals surface area (Å²) in [5.74, 6) is 0.527. The summed E-state index contributed by atoms with van der Waals surface area (Å²) in [5.41, 5.74) is 2.11. The zero-order chi connectivity index (χ0) is 14.4. The van der Waals surface area contributed by atoms with Crippen LogP contribution < -0.4 is 0 Å². The number of nitriles is 1. The van der Waals surface area contributed by atoms with Crippen molar-refractivity contribution in [3.05, 3.63) is 35.4 Å². The van der Waals surface area contributed by atoms with Gasteiger partial charge in [-0.05, 0) is 18.9 Å². The summed E-state index contributed by atoms with van der Waals surface area (Å²) in [6, 6.07) is 4.07. The molecule has 7 heteroatoms. The van der Waals surface area contributed by atoms with Crippen LogP contribution in [0, 0.1) is 11.3 Å². The SMILES string of the molecule is N#Cc1cnn(C2CN(C(=O)c3cc(C4CC4)[nH]n3)C2)c1. The van der Waals surface area contributed by atoms with E-state index in [1.165, 1.54) is 12.8 Å². The Morgan fingerprint density at radius 1 is 1.43 bits per heavy atom. The summed E-state index contributed by atoms with van der Waals surface area (Å²) < 4.78 is 1.75. The second-order valence-electron chi connectivity index (χ2n) is 5.67. The average Bonchev–Trinajstić information content (AvgIpc) is 3.01. The molecule has 4 rings (SSSR count). The fourth-order valence-electron chi connectivity index (χ4n) is 2.60. The largest absolute Gasteiger partial charge is 0.333 e. The van der Waals surface area contributed by atoms with E-state index in [0.717, 1.165) is 5.69 Å². The molecule has 2 fully saturated rings. The highest BCUT2D eigenvalue weighted by Gasteiger charge is 2.35. The lowest BCUT2D eigenvalue weighted by atomic mass is 10.1. The summed E-state index contributed by atoms with van der Waals surface area (Å²) >= 11 is 0. The number of nitrogens with one attached hydrogen (secondary N) is 1. The van der Waals surface area contributed by atoms with Gasteiger partial charge in [-0.1, -0.05) is 0 Å². The summed E-state index contributed by atoms with van der Waals surface area (Å²) in [4.78, 5) is 14.0. The van der Waals surface area contributed by atoms with Gasteiger partial charge in [0.05, 0.1) is 17.8 Å². The first-order chi connectivity index (χ1) is 10.2. The molecule has 21 heavy (non-hydrogen) atoms. The fraction of sp³-hybridized carbons (Fsp3) is 0.429. The van der Waals surface area contributed by atoms with Crippen molar-refractivity contribution >= 4 is 5.91 Å². The van der Waals surface area contributed by atoms with Crippen molar-refractivity contribution in [1.82, 2.24) is 24.9 Å². The van der Waals surface area contributed by atoms with Crippen LogP contribution in [0.2, 0.25) is 0 Å². The summed E-state index contributed by atoms with van der Waals surface area (Å²) in [5, 5.41) is 20.0. The molecular weight excluding hydrogens is 268 g/mol. The third-order valence-electron chi connectivity index (χ3n) is 4.09. The maximum atomic E-state index is 12.3. The number of aromatic amines is 1. The Morgan fingerprint density at radius 3 is 2.90 bits per heavy atom. The van der Waals surface area contributed by atoms with Crippen molar-refractivity contribution in [2.24, 2.45) is 0 Å². The van der Waals surface area contributed by atoms with E-state index in [0.29, 0.717) is 30.3 Å². The summed E-state index contributed by atoms with van der Waals surface area (Å²) in [6.07, 6.45) is 5.62. The fourth-order valence-corrected chi connectivity index (χ4v) is 2.60. The van der Waals surface area contributed by atoms with E-state index in [9.17, 15) is 4.79 Å². The molecule has 0 atom stereocenters. The van der Waals surface area contributed by atoms with Crippen LogP contribution in [0.3, 0.4) is 0 Å². The Bertz CT molecular complexity index is 729. The molecule has 0 aromatic carbocycles. The summed E-state index contributed by atoms with van der Waals surface area (Å²) in [6.45, 7) is 1.22. The lowest BCUT2D eigenvalue weighted by Crippen LogP contribution is -2.51. The van der Waals surface area contributed by atoms with E-state index in [-0.39, 0.29) is 11.9 Å². The van der Waals surface area contributed by atoms with Gasteiger partial charge in [0.2, 0.25) is 0 Å². The molecular formula is C14H14N6O. The number of aromatic nitrogens is 4. The number of hydrogen-bond acceptors (Lipinski definition) is 4. The average molecular weight is 282 g/mol. The van der Waals surface area contributed by atoms with Gasteiger partial charge in [0.15, 0.2) is 0 Å². The van der Waals surface area contributed by atoms with E-state index in [4.69, 9.17) is 5.26 Å². The normalized spacial score (nSPS) is 18.3. The van der Waals surface area contributed by atoms with Crippen LogP contribution in [0.15, 0.2) is 18.5 Å². The Morgan fingerprint density at radius 2 is 2.24 bits per heavy atom. The van der Waals surface area contributed by atoms with Crippen molar-refractivity contribution < 1.29 is 4.79 Å². The molecule has 1 saturated carbocycles. The number of H-pyrrole nitrogens is 1. The van der Waals surface area contributed by atoms with Crippen LogP contribution in [0.25, 0.3) is 0 Å². The van der Waals surface area contributed by atoms with Crippen molar-refractivity contribution in [3.63, 3.8) is 0 Å². The van der Waals surface area contributed by atoms with Gasteiger partial charge in [-0.3, -0.25) is 14.6 Å². The number of hydrogen-bond donors (Lipinski definition) is 1. The monoisotopic (exact) mass is 282 g/mol. The van der Waals surface area contributed by atoms with E-state index in [2.05, 4.69) is 21.4 Å². The van der Waals surface area contributed by atoms with Gasteiger partial charge in [-0.25, -0.2) is 0 Å². The van der Waals surface area contributed by atoms with Crippen molar-refractivity contribution in [2.45, 2.75) is 24.8 Å². The lowest BCUT2D eigenvalue weighted by molar-refractivity contribution is 0.0495. The topological polar surface area (TPSA) is 90.6 Å². The molecule has 2 aromatic rings. The van der Waals surface area contributed by atoms with Gasteiger partial charge in [-0.2, -0.15) is 15.5 Å².